The Labute approximate surface area is 159 Å². The molecule has 3 rings (SSSR count). The number of nitrogens with one attached hydrogen (secondary N) is 2. The third-order valence-electron chi connectivity index (χ3n) is 4.82. The van der Waals surface area contributed by atoms with Crippen molar-refractivity contribution in [3.05, 3.63) is 34.9 Å². The molecule has 0 saturated carbocycles. The monoisotopic (exact) mass is 398 g/mol. The van der Waals surface area contributed by atoms with Gasteiger partial charge in [-0.05, 0) is 23.6 Å². The summed E-state index contributed by atoms with van der Waals surface area (Å²) in [6.07, 6.45) is -4.90. The molecular formula is C18H21F3N4O3. The largest absolute Gasteiger partial charge is 0.390 e. The molecule has 3 amide bonds. The highest BCUT2D eigenvalue weighted by Crippen LogP contribution is 2.28. The summed E-state index contributed by atoms with van der Waals surface area (Å²) < 4.78 is 36.9. The van der Waals surface area contributed by atoms with Gasteiger partial charge in [0.2, 0.25) is 11.8 Å². The van der Waals surface area contributed by atoms with E-state index in [1.54, 1.807) is 18.2 Å². The van der Waals surface area contributed by atoms with E-state index in [0.717, 1.165) is 11.1 Å². The van der Waals surface area contributed by atoms with Crippen molar-refractivity contribution in [2.24, 2.45) is 5.73 Å². The lowest BCUT2D eigenvalue weighted by Gasteiger charge is -2.29. The summed E-state index contributed by atoms with van der Waals surface area (Å²) in [6, 6.07) is 3.50. The highest BCUT2D eigenvalue weighted by atomic mass is 19.4. The number of alkyl halides is 3. The van der Waals surface area contributed by atoms with E-state index in [-0.39, 0.29) is 44.3 Å². The van der Waals surface area contributed by atoms with Crippen LogP contribution >= 0.6 is 0 Å². The number of halogens is 3. The molecule has 0 aromatic heterocycles. The van der Waals surface area contributed by atoms with E-state index in [0.29, 0.717) is 5.56 Å². The average Bonchev–Trinajstić information content (AvgIpc) is 2.90. The number of hydrogen-bond donors (Lipinski definition) is 3. The average molecular weight is 398 g/mol. The molecule has 0 bridgehead atoms. The second-order valence-corrected chi connectivity index (χ2v) is 7.10. The smallest absolute Gasteiger partial charge is 0.326 e. The van der Waals surface area contributed by atoms with E-state index in [4.69, 9.17) is 5.73 Å². The molecule has 152 valence electrons. The van der Waals surface area contributed by atoms with Gasteiger partial charge in [-0.3, -0.25) is 19.7 Å². The Kier molecular flexibility index (Phi) is 5.71. The molecule has 2 aliphatic heterocycles. The van der Waals surface area contributed by atoms with Crippen molar-refractivity contribution >= 4 is 17.7 Å². The van der Waals surface area contributed by atoms with E-state index in [9.17, 15) is 27.6 Å². The summed E-state index contributed by atoms with van der Waals surface area (Å²) in [4.78, 5) is 37.5. The Hall–Kier alpha value is -2.46. The van der Waals surface area contributed by atoms with Crippen LogP contribution in [0.5, 0.6) is 0 Å². The van der Waals surface area contributed by atoms with E-state index in [1.807, 2.05) is 0 Å². The van der Waals surface area contributed by atoms with Gasteiger partial charge in [0.15, 0.2) is 0 Å². The minimum absolute atomic E-state index is 0.00700. The second kappa shape index (κ2) is 7.88. The van der Waals surface area contributed by atoms with Crippen LogP contribution in [0.1, 0.15) is 40.7 Å². The zero-order valence-electron chi connectivity index (χ0n) is 15.0. The van der Waals surface area contributed by atoms with Gasteiger partial charge < -0.3 is 16.0 Å². The minimum atomic E-state index is -4.30. The van der Waals surface area contributed by atoms with Crippen molar-refractivity contribution in [2.75, 3.05) is 6.54 Å². The van der Waals surface area contributed by atoms with Crippen LogP contribution in [-0.2, 0) is 22.7 Å². The van der Waals surface area contributed by atoms with Crippen molar-refractivity contribution < 1.29 is 27.6 Å². The number of hydrogen-bond acceptors (Lipinski definition) is 5. The molecule has 1 saturated heterocycles. The summed E-state index contributed by atoms with van der Waals surface area (Å²) in [5.41, 5.74) is 7.42. The van der Waals surface area contributed by atoms with Crippen LogP contribution in [0, 0.1) is 0 Å². The first-order valence-electron chi connectivity index (χ1n) is 8.93. The van der Waals surface area contributed by atoms with E-state index >= 15 is 0 Å². The maximum Gasteiger partial charge on any atom is 0.390 e. The van der Waals surface area contributed by atoms with E-state index in [1.165, 1.54) is 4.90 Å². The Morgan fingerprint density at radius 3 is 2.71 bits per heavy atom. The molecule has 0 aliphatic carbocycles. The van der Waals surface area contributed by atoms with Gasteiger partial charge in [-0.25, -0.2) is 0 Å². The van der Waals surface area contributed by atoms with Gasteiger partial charge in [-0.15, -0.1) is 0 Å². The quantitative estimate of drug-likeness (QED) is 0.616. The van der Waals surface area contributed by atoms with Crippen LogP contribution in [0.25, 0.3) is 0 Å². The molecule has 2 unspecified atom stereocenters. The summed E-state index contributed by atoms with van der Waals surface area (Å²) in [5.74, 6) is -1.11. The first kappa shape index (κ1) is 20.3. The van der Waals surface area contributed by atoms with E-state index in [2.05, 4.69) is 10.6 Å². The number of nitrogens with two attached hydrogens (primary N) is 1. The fraction of sp³-hybridized carbons (Fsp3) is 0.500. The molecule has 1 aromatic carbocycles. The first-order chi connectivity index (χ1) is 13.1. The van der Waals surface area contributed by atoms with Gasteiger partial charge in [0.05, 0.1) is 6.42 Å². The molecule has 0 spiro atoms. The van der Waals surface area contributed by atoms with Crippen molar-refractivity contribution in [1.82, 2.24) is 15.5 Å². The van der Waals surface area contributed by atoms with Crippen LogP contribution in [0.2, 0.25) is 0 Å². The molecule has 0 radical (unpaired) electrons. The zero-order valence-corrected chi connectivity index (χ0v) is 15.0. The second-order valence-electron chi connectivity index (χ2n) is 7.10. The van der Waals surface area contributed by atoms with Gasteiger partial charge in [0.1, 0.15) is 6.04 Å². The number of nitrogens with zero attached hydrogens (tertiary/aromatic N) is 1. The molecule has 2 aliphatic rings. The molecule has 2 heterocycles. The first-order valence-corrected chi connectivity index (χ1v) is 8.93. The lowest BCUT2D eigenvalue weighted by atomic mass is 10.0. The number of imide groups is 1. The van der Waals surface area contributed by atoms with E-state index < -0.39 is 30.6 Å². The molecule has 7 nitrogen and oxygen atoms in total. The minimum Gasteiger partial charge on any atom is -0.326 e. The zero-order chi connectivity index (χ0) is 20.5. The Morgan fingerprint density at radius 2 is 2.04 bits per heavy atom. The molecule has 10 heteroatoms. The van der Waals surface area contributed by atoms with Crippen LogP contribution in [-0.4, -0.2) is 47.4 Å². The topological polar surface area (TPSA) is 105 Å². The molecular weight excluding hydrogens is 377 g/mol. The summed E-state index contributed by atoms with van der Waals surface area (Å²) >= 11 is 0. The number of piperidine rings is 1. The standard InChI is InChI=1S/C18H21F3N4O3/c19-18(20,21)6-12(22)8-23-7-10-1-2-11-9-25(17(28)13(11)5-10)14-3-4-15(26)24-16(14)27/h1-2,5,12,14,23H,3-4,6-9,22H2,(H,24,26,27). The summed E-state index contributed by atoms with van der Waals surface area (Å²) in [7, 11) is 0. The lowest BCUT2D eigenvalue weighted by Crippen LogP contribution is -2.52. The number of fused-ring (bicyclic) bond motifs is 1. The van der Waals surface area contributed by atoms with Crippen molar-refractivity contribution in [3.8, 4) is 0 Å². The molecule has 28 heavy (non-hydrogen) atoms. The Morgan fingerprint density at radius 1 is 1.29 bits per heavy atom. The molecule has 2 atom stereocenters. The maximum atomic E-state index is 12.7. The number of rotatable bonds is 6. The third-order valence-corrected chi connectivity index (χ3v) is 4.82. The van der Waals surface area contributed by atoms with Crippen molar-refractivity contribution in [2.45, 2.75) is 50.6 Å². The van der Waals surface area contributed by atoms with Crippen molar-refractivity contribution in [1.29, 1.82) is 0 Å². The fourth-order valence-electron chi connectivity index (χ4n) is 3.48. The number of carbonyl (C=O) groups is 3. The highest BCUT2D eigenvalue weighted by molar-refractivity contribution is 6.05. The predicted octanol–water partition coefficient (Wildman–Crippen LogP) is 0.817. The van der Waals surface area contributed by atoms with Crippen LogP contribution in [0.4, 0.5) is 13.2 Å². The van der Waals surface area contributed by atoms with Crippen LogP contribution < -0.4 is 16.4 Å². The molecule has 1 fully saturated rings. The predicted molar refractivity (Wildman–Crippen MR) is 92.8 cm³/mol. The highest BCUT2D eigenvalue weighted by Gasteiger charge is 2.39. The SMILES string of the molecule is NC(CNCc1ccc2c(c1)C(=O)N(C1CCC(=O)NC1=O)C2)CC(F)(F)F. The van der Waals surface area contributed by atoms with Gasteiger partial charge in [-0.2, -0.15) is 13.2 Å². The van der Waals surface area contributed by atoms with Crippen LogP contribution in [0.3, 0.4) is 0 Å². The normalized spacial score (nSPS) is 20.9. The molecule has 4 N–H and O–H groups in total. The summed E-state index contributed by atoms with van der Waals surface area (Å²) in [6.45, 7) is 0.544. The van der Waals surface area contributed by atoms with Gasteiger partial charge >= 0.3 is 6.18 Å². The fourth-order valence-corrected chi connectivity index (χ4v) is 3.48. The maximum absolute atomic E-state index is 12.7. The van der Waals surface area contributed by atoms with Crippen molar-refractivity contribution in [3.63, 3.8) is 0 Å². The van der Waals surface area contributed by atoms with Gasteiger partial charge in [0, 0.05) is 37.7 Å². The van der Waals surface area contributed by atoms with Crippen LogP contribution in [0.15, 0.2) is 18.2 Å². The molecule has 1 aromatic rings. The number of benzene rings is 1. The number of carbonyl (C=O) groups excluding carboxylic acids is 3. The lowest BCUT2D eigenvalue weighted by molar-refractivity contribution is -0.138. The third kappa shape index (κ3) is 4.68. The summed E-state index contributed by atoms with van der Waals surface area (Å²) in [5, 5.41) is 5.11. The van der Waals surface area contributed by atoms with Gasteiger partial charge in [-0.1, -0.05) is 12.1 Å². The Bertz CT molecular complexity index is 797. The number of amides is 3. The van der Waals surface area contributed by atoms with Gasteiger partial charge in [0.25, 0.3) is 5.91 Å². The Balaban J connectivity index is 1.59.